The molecule has 1 N–H and O–H groups in total. The standard InChI is InChI=1S/C14H23N3O/c1-14(3-6-18-7-4-14)10-17-11-16-9-13(17)12-2-5-15-8-12/h9,11-12,15H,2-8,10H2,1H3. The first kappa shape index (κ1) is 12.2. The van der Waals surface area contributed by atoms with Crippen LogP contribution in [0.4, 0.5) is 0 Å². The zero-order valence-corrected chi connectivity index (χ0v) is 11.2. The third kappa shape index (κ3) is 2.45. The fourth-order valence-electron chi connectivity index (χ4n) is 3.14. The van der Waals surface area contributed by atoms with Crippen LogP contribution in [0, 0.1) is 5.41 Å². The van der Waals surface area contributed by atoms with E-state index in [1.54, 1.807) is 0 Å². The van der Waals surface area contributed by atoms with Crippen molar-refractivity contribution < 1.29 is 4.74 Å². The highest BCUT2D eigenvalue weighted by Crippen LogP contribution is 2.33. The van der Waals surface area contributed by atoms with Crippen LogP contribution >= 0.6 is 0 Å². The van der Waals surface area contributed by atoms with Crippen LogP contribution in [-0.4, -0.2) is 35.9 Å². The third-order valence-electron chi connectivity index (χ3n) is 4.48. The van der Waals surface area contributed by atoms with Gasteiger partial charge in [0.2, 0.25) is 0 Å². The Hall–Kier alpha value is -0.870. The van der Waals surface area contributed by atoms with Gasteiger partial charge < -0.3 is 14.6 Å². The maximum atomic E-state index is 5.48. The van der Waals surface area contributed by atoms with Crippen molar-refractivity contribution in [2.75, 3.05) is 26.3 Å². The molecule has 18 heavy (non-hydrogen) atoms. The lowest BCUT2D eigenvalue weighted by Crippen LogP contribution is -2.31. The zero-order valence-electron chi connectivity index (χ0n) is 11.2. The second-order valence-electron chi connectivity index (χ2n) is 6.06. The molecule has 1 unspecified atom stereocenters. The number of imidazole rings is 1. The fraction of sp³-hybridized carbons (Fsp3) is 0.786. The number of aromatic nitrogens is 2. The lowest BCUT2D eigenvalue weighted by molar-refractivity contribution is 0.0151. The smallest absolute Gasteiger partial charge is 0.0948 e. The van der Waals surface area contributed by atoms with E-state index in [1.165, 1.54) is 12.1 Å². The monoisotopic (exact) mass is 249 g/mol. The molecule has 0 amide bonds. The van der Waals surface area contributed by atoms with Gasteiger partial charge in [0, 0.05) is 44.1 Å². The molecule has 1 aromatic heterocycles. The van der Waals surface area contributed by atoms with E-state index in [0.717, 1.165) is 45.7 Å². The van der Waals surface area contributed by atoms with E-state index in [4.69, 9.17) is 4.74 Å². The highest BCUT2D eigenvalue weighted by Gasteiger charge is 2.29. The van der Waals surface area contributed by atoms with Crippen molar-refractivity contribution in [3.05, 3.63) is 18.2 Å². The van der Waals surface area contributed by atoms with Gasteiger partial charge in [-0.2, -0.15) is 0 Å². The number of hydrogen-bond donors (Lipinski definition) is 1. The Balaban J connectivity index is 1.74. The molecule has 4 heteroatoms. The van der Waals surface area contributed by atoms with Crippen LogP contribution in [0.5, 0.6) is 0 Å². The predicted molar refractivity (Wildman–Crippen MR) is 70.6 cm³/mol. The van der Waals surface area contributed by atoms with Crippen LogP contribution in [0.2, 0.25) is 0 Å². The fourth-order valence-corrected chi connectivity index (χ4v) is 3.14. The first-order valence-electron chi connectivity index (χ1n) is 7.05. The lowest BCUT2D eigenvalue weighted by Gasteiger charge is -2.34. The molecule has 0 bridgehead atoms. The van der Waals surface area contributed by atoms with Gasteiger partial charge in [-0.3, -0.25) is 0 Å². The van der Waals surface area contributed by atoms with E-state index in [2.05, 4.69) is 28.0 Å². The van der Waals surface area contributed by atoms with Gasteiger partial charge in [0.15, 0.2) is 0 Å². The van der Waals surface area contributed by atoms with Gasteiger partial charge in [-0.05, 0) is 31.2 Å². The number of nitrogens with zero attached hydrogens (tertiary/aromatic N) is 2. The maximum Gasteiger partial charge on any atom is 0.0948 e. The topological polar surface area (TPSA) is 39.1 Å². The number of rotatable bonds is 3. The molecule has 0 aliphatic carbocycles. The maximum absolute atomic E-state index is 5.48. The minimum atomic E-state index is 0.375. The van der Waals surface area contributed by atoms with E-state index in [-0.39, 0.29) is 0 Å². The van der Waals surface area contributed by atoms with Crippen LogP contribution in [0.3, 0.4) is 0 Å². The average Bonchev–Trinajstić information content (AvgIpc) is 2.99. The second-order valence-corrected chi connectivity index (χ2v) is 6.06. The van der Waals surface area contributed by atoms with E-state index in [1.807, 2.05) is 6.33 Å². The average molecular weight is 249 g/mol. The molecule has 3 heterocycles. The summed E-state index contributed by atoms with van der Waals surface area (Å²) in [7, 11) is 0. The van der Waals surface area contributed by atoms with Crippen molar-refractivity contribution in [1.29, 1.82) is 0 Å². The summed E-state index contributed by atoms with van der Waals surface area (Å²) in [6.45, 7) is 7.53. The Morgan fingerprint density at radius 2 is 2.33 bits per heavy atom. The van der Waals surface area contributed by atoms with Gasteiger partial charge in [-0.1, -0.05) is 6.92 Å². The van der Waals surface area contributed by atoms with E-state index in [9.17, 15) is 0 Å². The molecule has 2 aliphatic heterocycles. The molecule has 2 fully saturated rings. The van der Waals surface area contributed by atoms with Crippen LogP contribution in [-0.2, 0) is 11.3 Å². The van der Waals surface area contributed by atoms with Gasteiger partial charge in [0.25, 0.3) is 0 Å². The van der Waals surface area contributed by atoms with Crippen molar-refractivity contribution in [2.45, 2.75) is 38.6 Å². The van der Waals surface area contributed by atoms with E-state index < -0.39 is 0 Å². The molecule has 2 saturated heterocycles. The van der Waals surface area contributed by atoms with Gasteiger partial charge in [-0.25, -0.2) is 4.98 Å². The number of ether oxygens (including phenoxy) is 1. The molecule has 1 atom stereocenters. The zero-order chi connectivity index (χ0) is 12.4. The predicted octanol–water partition coefficient (Wildman–Crippen LogP) is 1.78. The minimum Gasteiger partial charge on any atom is -0.381 e. The molecular formula is C14H23N3O. The van der Waals surface area contributed by atoms with Crippen LogP contribution in [0.25, 0.3) is 0 Å². The quantitative estimate of drug-likeness (QED) is 0.887. The molecule has 2 aliphatic rings. The number of hydrogen-bond acceptors (Lipinski definition) is 3. The summed E-state index contributed by atoms with van der Waals surface area (Å²) in [5, 5.41) is 3.44. The van der Waals surface area contributed by atoms with Gasteiger partial charge >= 0.3 is 0 Å². The van der Waals surface area contributed by atoms with Gasteiger partial charge in [0.1, 0.15) is 0 Å². The Kier molecular flexibility index (Phi) is 3.39. The molecular weight excluding hydrogens is 226 g/mol. The summed E-state index contributed by atoms with van der Waals surface area (Å²) in [4.78, 5) is 4.37. The molecule has 4 nitrogen and oxygen atoms in total. The summed E-state index contributed by atoms with van der Waals surface area (Å²) >= 11 is 0. The Morgan fingerprint density at radius 1 is 1.50 bits per heavy atom. The summed E-state index contributed by atoms with van der Waals surface area (Å²) in [6.07, 6.45) is 7.63. The van der Waals surface area contributed by atoms with Gasteiger partial charge in [-0.15, -0.1) is 0 Å². The first-order valence-corrected chi connectivity index (χ1v) is 7.05. The summed E-state index contributed by atoms with van der Waals surface area (Å²) in [6, 6.07) is 0. The molecule has 1 aromatic rings. The highest BCUT2D eigenvalue weighted by molar-refractivity contribution is 5.09. The van der Waals surface area contributed by atoms with E-state index in [0.29, 0.717) is 11.3 Å². The van der Waals surface area contributed by atoms with Gasteiger partial charge in [0.05, 0.1) is 6.33 Å². The lowest BCUT2D eigenvalue weighted by atomic mass is 9.82. The summed E-state index contributed by atoms with van der Waals surface area (Å²) in [5.41, 5.74) is 1.78. The highest BCUT2D eigenvalue weighted by atomic mass is 16.5. The Morgan fingerprint density at radius 3 is 3.06 bits per heavy atom. The Labute approximate surface area is 109 Å². The van der Waals surface area contributed by atoms with Crippen molar-refractivity contribution in [3.63, 3.8) is 0 Å². The minimum absolute atomic E-state index is 0.375. The molecule has 0 radical (unpaired) electrons. The summed E-state index contributed by atoms with van der Waals surface area (Å²) in [5.74, 6) is 0.649. The second kappa shape index (κ2) is 5.02. The number of nitrogens with one attached hydrogen (secondary N) is 1. The third-order valence-corrected chi connectivity index (χ3v) is 4.48. The van der Waals surface area contributed by atoms with Crippen molar-refractivity contribution in [3.8, 4) is 0 Å². The molecule has 0 spiro atoms. The molecule has 100 valence electrons. The van der Waals surface area contributed by atoms with Crippen LogP contribution in [0.1, 0.15) is 37.8 Å². The molecule has 3 rings (SSSR count). The van der Waals surface area contributed by atoms with E-state index >= 15 is 0 Å². The van der Waals surface area contributed by atoms with Crippen LogP contribution < -0.4 is 5.32 Å². The summed E-state index contributed by atoms with van der Waals surface area (Å²) < 4.78 is 7.86. The van der Waals surface area contributed by atoms with Crippen molar-refractivity contribution in [1.82, 2.24) is 14.9 Å². The first-order chi connectivity index (χ1) is 8.77. The largest absolute Gasteiger partial charge is 0.381 e. The molecule has 0 aromatic carbocycles. The SMILES string of the molecule is CC1(Cn2cncc2C2CCNC2)CCOCC1. The Bertz CT molecular complexity index is 389. The normalized spacial score (nSPS) is 27.5. The van der Waals surface area contributed by atoms with Crippen molar-refractivity contribution in [2.24, 2.45) is 5.41 Å². The van der Waals surface area contributed by atoms with Crippen LogP contribution in [0.15, 0.2) is 12.5 Å². The van der Waals surface area contributed by atoms with Crippen molar-refractivity contribution >= 4 is 0 Å². The molecule has 0 saturated carbocycles.